The third-order valence-corrected chi connectivity index (χ3v) is 3.11. The van der Waals surface area contributed by atoms with Crippen molar-refractivity contribution in [3.8, 4) is 0 Å². The fourth-order valence-electron chi connectivity index (χ4n) is 1.99. The Morgan fingerprint density at radius 2 is 2.31 bits per heavy atom. The van der Waals surface area contributed by atoms with Gasteiger partial charge in [-0.05, 0) is 32.6 Å². The highest BCUT2D eigenvalue weighted by molar-refractivity contribution is 4.91. The van der Waals surface area contributed by atoms with E-state index in [1.165, 1.54) is 6.42 Å². The molecule has 1 aliphatic heterocycles. The maximum Gasteiger partial charge on any atom is 0.0471 e. The highest BCUT2D eigenvalue weighted by Crippen LogP contribution is 2.29. The summed E-state index contributed by atoms with van der Waals surface area (Å²) >= 11 is 0. The van der Waals surface area contributed by atoms with E-state index in [2.05, 4.69) is 25.3 Å². The molecule has 0 amide bonds. The number of aliphatic hydroxyl groups is 1. The molecular weight excluding hydrogens is 162 g/mol. The Bertz CT molecular complexity index is 177. The molecule has 1 rings (SSSR count). The molecule has 2 heteroatoms. The van der Waals surface area contributed by atoms with Crippen LogP contribution in [0.15, 0.2) is 12.7 Å². The number of piperidine rings is 1. The standard InChI is InChI=1S/C11H21NO/c1-4-7-12-8-10(9-13)5-6-11(12,2)3/h4,10,13H,1,5-9H2,2-3H3. The Hall–Kier alpha value is -0.340. The molecule has 0 aromatic carbocycles. The average molecular weight is 183 g/mol. The van der Waals surface area contributed by atoms with Crippen LogP contribution in [0.4, 0.5) is 0 Å². The maximum atomic E-state index is 9.09. The first-order valence-electron chi connectivity index (χ1n) is 5.07. The molecule has 1 saturated heterocycles. The fraction of sp³-hybridized carbons (Fsp3) is 0.818. The molecule has 1 fully saturated rings. The van der Waals surface area contributed by atoms with E-state index in [1.807, 2.05) is 6.08 Å². The Balaban J connectivity index is 2.57. The molecule has 2 nitrogen and oxygen atoms in total. The lowest BCUT2D eigenvalue weighted by Crippen LogP contribution is -2.50. The van der Waals surface area contributed by atoms with E-state index in [4.69, 9.17) is 5.11 Å². The first-order valence-corrected chi connectivity index (χ1v) is 5.07. The summed E-state index contributed by atoms with van der Waals surface area (Å²) < 4.78 is 0. The molecule has 13 heavy (non-hydrogen) atoms. The number of nitrogens with zero attached hydrogens (tertiary/aromatic N) is 1. The number of rotatable bonds is 3. The van der Waals surface area contributed by atoms with Gasteiger partial charge in [0.25, 0.3) is 0 Å². The van der Waals surface area contributed by atoms with Gasteiger partial charge in [-0.25, -0.2) is 0 Å². The molecule has 1 N–H and O–H groups in total. The van der Waals surface area contributed by atoms with Crippen molar-refractivity contribution in [2.45, 2.75) is 32.2 Å². The third-order valence-electron chi connectivity index (χ3n) is 3.11. The molecule has 1 aliphatic rings. The minimum atomic E-state index is 0.278. The Labute approximate surface area is 81.2 Å². The molecule has 1 heterocycles. The van der Waals surface area contributed by atoms with Crippen LogP contribution in [0.2, 0.25) is 0 Å². The second-order valence-electron chi connectivity index (χ2n) is 4.59. The minimum absolute atomic E-state index is 0.278. The Morgan fingerprint density at radius 1 is 1.62 bits per heavy atom. The van der Waals surface area contributed by atoms with E-state index in [9.17, 15) is 0 Å². The molecule has 0 bridgehead atoms. The van der Waals surface area contributed by atoms with Gasteiger partial charge in [-0.2, -0.15) is 0 Å². The van der Waals surface area contributed by atoms with Gasteiger partial charge in [-0.15, -0.1) is 6.58 Å². The number of hydrogen-bond donors (Lipinski definition) is 1. The zero-order valence-corrected chi connectivity index (χ0v) is 8.79. The molecule has 0 spiro atoms. The predicted octanol–water partition coefficient (Wildman–Crippen LogP) is 1.66. The van der Waals surface area contributed by atoms with Crippen LogP contribution in [0.5, 0.6) is 0 Å². The lowest BCUT2D eigenvalue weighted by Gasteiger charge is -2.44. The summed E-state index contributed by atoms with van der Waals surface area (Å²) in [4.78, 5) is 2.41. The molecule has 1 atom stereocenters. The van der Waals surface area contributed by atoms with Gasteiger partial charge in [0.2, 0.25) is 0 Å². The van der Waals surface area contributed by atoms with E-state index in [0.717, 1.165) is 19.5 Å². The molecule has 0 aliphatic carbocycles. The normalized spacial score (nSPS) is 28.7. The van der Waals surface area contributed by atoms with Crippen molar-refractivity contribution >= 4 is 0 Å². The van der Waals surface area contributed by atoms with Crippen molar-refractivity contribution in [2.75, 3.05) is 19.7 Å². The van der Waals surface area contributed by atoms with Crippen LogP contribution in [0, 0.1) is 5.92 Å². The zero-order chi connectivity index (χ0) is 9.90. The Kier molecular flexibility index (Phi) is 3.51. The van der Waals surface area contributed by atoms with E-state index < -0.39 is 0 Å². The summed E-state index contributed by atoms with van der Waals surface area (Å²) in [6.45, 7) is 10.6. The van der Waals surface area contributed by atoms with Crippen LogP contribution in [0.1, 0.15) is 26.7 Å². The fourth-order valence-corrected chi connectivity index (χ4v) is 1.99. The van der Waals surface area contributed by atoms with Crippen molar-refractivity contribution in [1.29, 1.82) is 0 Å². The van der Waals surface area contributed by atoms with Crippen molar-refractivity contribution in [3.63, 3.8) is 0 Å². The van der Waals surface area contributed by atoms with Gasteiger partial charge >= 0.3 is 0 Å². The summed E-state index contributed by atoms with van der Waals surface area (Å²) in [6, 6.07) is 0. The van der Waals surface area contributed by atoms with Gasteiger partial charge in [-0.3, -0.25) is 4.90 Å². The van der Waals surface area contributed by atoms with Crippen molar-refractivity contribution in [1.82, 2.24) is 4.90 Å². The van der Waals surface area contributed by atoms with Gasteiger partial charge in [0, 0.05) is 25.2 Å². The van der Waals surface area contributed by atoms with Gasteiger partial charge in [0.15, 0.2) is 0 Å². The number of hydrogen-bond acceptors (Lipinski definition) is 2. The largest absolute Gasteiger partial charge is 0.396 e. The monoisotopic (exact) mass is 183 g/mol. The summed E-state index contributed by atoms with van der Waals surface area (Å²) in [5.74, 6) is 0.466. The summed E-state index contributed by atoms with van der Waals surface area (Å²) in [5, 5.41) is 9.09. The molecule has 1 unspecified atom stereocenters. The van der Waals surface area contributed by atoms with Crippen LogP contribution in [0.3, 0.4) is 0 Å². The van der Waals surface area contributed by atoms with Crippen LogP contribution < -0.4 is 0 Å². The second-order valence-corrected chi connectivity index (χ2v) is 4.59. The van der Waals surface area contributed by atoms with E-state index in [1.54, 1.807) is 0 Å². The predicted molar refractivity (Wildman–Crippen MR) is 55.7 cm³/mol. The number of likely N-dealkylation sites (tertiary alicyclic amines) is 1. The smallest absolute Gasteiger partial charge is 0.0471 e. The first-order chi connectivity index (χ1) is 6.10. The topological polar surface area (TPSA) is 23.5 Å². The van der Waals surface area contributed by atoms with Gasteiger partial charge < -0.3 is 5.11 Å². The SMILES string of the molecule is C=CCN1CC(CO)CCC1(C)C. The first kappa shape index (κ1) is 10.7. The quantitative estimate of drug-likeness (QED) is 0.673. The molecule has 0 saturated carbocycles. The zero-order valence-electron chi connectivity index (χ0n) is 8.79. The molecular formula is C11H21NO. The maximum absolute atomic E-state index is 9.09. The van der Waals surface area contributed by atoms with Crippen molar-refractivity contribution in [3.05, 3.63) is 12.7 Å². The third kappa shape index (κ3) is 2.55. The van der Waals surface area contributed by atoms with E-state index in [0.29, 0.717) is 12.5 Å². The average Bonchev–Trinajstić information content (AvgIpc) is 2.09. The van der Waals surface area contributed by atoms with Gasteiger partial charge in [0.05, 0.1) is 0 Å². The lowest BCUT2D eigenvalue weighted by molar-refractivity contribution is 0.0356. The summed E-state index contributed by atoms with van der Waals surface area (Å²) in [6.07, 6.45) is 4.27. The summed E-state index contributed by atoms with van der Waals surface area (Å²) in [5.41, 5.74) is 0.278. The van der Waals surface area contributed by atoms with Gasteiger partial charge in [0.1, 0.15) is 0 Å². The van der Waals surface area contributed by atoms with Crippen molar-refractivity contribution < 1.29 is 5.11 Å². The summed E-state index contributed by atoms with van der Waals surface area (Å²) in [7, 11) is 0. The van der Waals surface area contributed by atoms with Crippen molar-refractivity contribution in [2.24, 2.45) is 5.92 Å². The second kappa shape index (κ2) is 4.25. The van der Waals surface area contributed by atoms with Gasteiger partial charge in [-0.1, -0.05) is 6.08 Å². The molecule has 0 radical (unpaired) electrons. The molecule has 0 aromatic rings. The highest BCUT2D eigenvalue weighted by Gasteiger charge is 2.32. The van der Waals surface area contributed by atoms with Crippen LogP contribution >= 0.6 is 0 Å². The van der Waals surface area contributed by atoms with Crippen LogP contribution in [0.25, 0.3) is 0 Å². The molecule has 76 valence electrons. The minimum Gasteiger partial charge on any atom is -0.396 e. The van der Waals surface area contributed by atoms with E-state index in [-0.39, 0.29) is 5.54 Å². The van der Waals surface area contributed by atoms with Crippen LogP contribution in [-0.2, 0) is 0 Å². The lowest BCUT2D eigenvalue weighted by atomic mass is 9.85. The number of aliphatic hydroxyl groups excluding tert-OH is 1. The highest BCUT2D eigenvalue weighted by atomic mass is 16.3. The Morgan fingerprint density at radius 3 is 2.85 bits per heavy atom. The van der Waals surface area contributed by atoms with E-state index >= 15 is 0 Å². The van der Waals surface area contributed by atoms with Crippen LogP contribution in [-0.4, -0.2) is 35.2 Å². The molecule has 0 aromatic heterocycles.